The third kappa shape index (κ3) is 4.28. The zero-order valence-corrected chi connectivity index (χ0v) is 15.5. The third-order valence-electron chi connectivity index (χ3n) is 4.87. The van der Waals surface area contributed by atoms with E-state index in [1.54, 1.807) is 13.4 Å². The Labute approximate surface area is 159 Å². The maximum atomic E-state index is 6.01. The molecule has 2 heterocycles. The van der Waals surface area contributed by atoms with E-state index in [-0.39, 0.29) is 0 Å². The normalized spacial score (nSPS) is 16.0. The molecule has 0 fully saturated rings. The highest BCUT2D eigenvalue weighted by atomic mass is 16.5. The van der Waals surface area contributed by atoms with Gasteiger partial charge in [0, 0.05) is 19.0 Å². The fourth-order valence-electron chi connectivity index (χ4n) is 3.35. The van der Waals surface area contributed by atoms with E-state index in [1.807, 2.05) is 28.9 Å². The van der Waals surface area contributed by atoms with Gasteiger partial charge in [-0.05, 0) is 29.7 Å². The molecule has 0 aliphatic carbocycles. The Bertz CT molecular complexity index is 879. The highest BCUT2D eigenvalue weighted by Gasteiger charge is 2.19. The van der Waals surface area contributed by atoms with Crippen LogP contribution in [0.3, 0.4) is 0 Å². The summed E-state index contributed by atoms with van der Waals surface area (Å²) in [5.74, 6) is 2.59. The van der Waals surface area contributed by atoms with Gasteiger partial charge in [-0.1, -0.05) is 36.4 Å². The summed E-state index contributed by atoms with van der Waals surface area (Å²) in [5.41, 5.74) is 2.30. The predicted octanol–water partition coefficient (Wildman–Crippen LogP) is 2.97. The fraction of sp³-hybridized carbons (Fsp3) is 0.333. The third-order valence-corrected chi connectivity index (χ3v) is 4.87. The Balaban J connectivity index is 1.38. The van der Waals surface area contributed by atoms with Crippen LogP contribution >= 0.6 is 0 Å². The Kier molecular flexibility index (Phi) is 5.34. The highest BCUT2D eigenvalue weighted by molar-refractivity contribution is 5.43. The van der Waals surface area contributed by atoms with Crippen LogP contribution in [0.5, 0.6) is 11.5 Å². The van der Waals surface area contributed by atoms with Gasteiger partial charge in [0.05, 0.1) is 13.7 Å². The first-order valence-electron chi connectivity index (χ1n) is 9.25. The molecule has 140 valence electrons. The molecule has 2 aromatic carbocycles. The molecule has 0 saturated carbocycles. The van der Waals surface area contributed by atoms with Crippen molar-refractivity contribution in [3.05, 3.63) is 71.8 Å². The second-order valence-corrected chi connectivity index (χ2v) is 6.73. The summed E-state index contributed by atoms with van der Waals surface area (Å²) in [6.07, 6.45) is 3.68. The summed E-state index contributed by atoms with van der Waals surface area (Å²) >= 11 is 0. The van der Waals surface area contributed by atoms with Crippen LogP contribution < -0.4 is 14.8 Å². The number of hydrogen-bond acceptors (Lipinski definition) is 5. The molecular formula is C21H24N4O2. The molecule has 6 heteroatoms. The number of benzene rings is 2. The van der Waals surface area contributed by atoms with Crippen molar-refractivity contribution in [3.63, 3.8) is 0 Å². The van der Waals surface area contributed by atoms with E-state index < -0.39 is 0 Å². The second-order valence-electron chi connectivity index (χ2n) is 6.73. The van der Waals surface area contributed by atoms with Gasteiger partial charge in [0.15, 0.2) is 11.5 Å². The van der Waals surface area contributed by atoms with E-state index in [9.17, 15) is 0 Å². The first-order chi connectivity index (χ1) is 13.3. The van der Waals surface area contributed by atoms with Gasteiger partial charge in [0.2, 0.25) is 0 Å². The number of ether oxygens (including phenoxy) is 2. The molecule has 0 spiro atoms. The van der Waals surface area contributed by atoms with Gasteiger partial charge < -0.3 is 14.8 Å². The van der Waals surface area contributed by atoms with Gasteiger partial charge in [0.1, 0.15) is 18.8 Å². The van der Waals surface area contributed by atoms with Crippen molar-refractivity contribution >= 4 is 0 Å². The number of hydrogen-bond donors (Lipinski definition) is 1. The molecule has 1 aliphatic rings. The molecule has 1 unspecified atom stereocenters. The number of nitrogens with one attached hydrogen (secondary N) is 1. The molecule has 0 amide bonds. The van der Waals surface area contributed by atoms with Gasteiger partial charge in [-0.3, -0.25) is 0 Å². The maximum absolute atomic E-state index is 6.01. The number of aromatic nitrogens is 3. The van der Waals surface area contributed by atoms with Crippen LogP contribution in [0.25, 0.3) is 0 Å². The quantitative estimate of drug-likeness (QED) is 0.698. The van der Waals surface area contributed by atoms with Crippen LogP contribution in [0, 0.1) is 0 Å². The van der Waals surface area contributed by atoms with Crippen LogP contribution in [-0.4, -0.2) is 27.9 Å². The van der Waals surface area contributed by atoms with Crippen LogP contribution in [0.4, 0.5) is 0 Å². The van der Waals surface area contributed by atoms with Crippen LogP contribution in [-0.2, 0) is 26.1 Å². The van der Waals surface area contributed by atoms with E-state index in [0.29, 0.717) is 12.6 Å². The molecule has 6 nitrogen and oxygen atoms in total. The van der Waals surface area contributed by atoms with Crippen molar-refractivity contribution in [3.8, 4) is 11.5 Å². The van der Waals surface area contributed by atoms with E-state index in [4.69, 9.17) is 9.47 Å². The maximum Gasteiger partial charge on any atom is 0.161 e. The van der Waals surface area contributed by atoms with E-state index >= 15 is 0 Å². The largest absolute Gasteiger partial charge is 0.493 e. The summed E-state index contributed by atoms with van der Waals surface area (Å²) in [4.78, 5) is 4.28. The van der Waals surface area contributed by atoms with E-state index in [0.717, 1.165) is 48.8 Å². The van der Waals surface area contributed by atoms with Gasteiger partial charge in [-0.2, -0.15) is 5.10 Å². The second kappa shape index (κ2) is 8.22. The monoisotopic (exact) mass is 364 g/mol. The van der Waals surface area contributed by atoms with Gasteiger partial charge >= 0.3 is 0 Å². The molecule has 0 bridgehead atoms. The molecular weight excluding hydrogens is 340 g/mol. The number of nitrogens with zero attached hydrogens (tertiary/aromatic N) is 3. The molecule has 3 aromatic rings. The molecule has 1 N–H and O–H groups in total. The molecule has 0 saturated heterocycles. The van der Waals surface area contributed by atoms with Crippen LogP contribution in [0.2, 0.25) is 0 Å². The average molecular weight is 364 g/mol. The first-order valence-corrected chi connectivity index (χ1v) is 9.25. The Hall–Kier alpha value is -2.86. The lowest BCUT2D eigenvalue weighted by Gasteiger charge is -2.24. The smallest absolute Gasteiger partial charge is 0.161 e. The minimum atomic E-state index is 0.398. The minimum Gasteiger partial charge on any atom is -0.493 e. The van der Waals surface area contributed by atoms with Crippen LogP contribution in [0.1, 0.15) is 23.4 Å². The van der Waals surface area contributed by atoms with Crippen molar-refractivity contribution in [1.82, 2.24) is 20.1 Å². The minimum absolute atomic E-state index is 0.398. The zero-order chi connectivity index (χ0) is 18.5. The van der Waals surface area contributed by atoms with Crippen molar-refractivity contribution in [2.24, 2.45) is 0 Å². The summed E-state index contributed by atoms with van der Waals surface area (Å²) in [5, 5.41) is 7.90. The number of methoxy groups -OCH3 is 1. The molecule has 4 rings (SSSR count). The van der Waals surface area contributed by atoms with Crippen LogP contribution in [0.15, 0.2) is 54.9 Å². The topological polar surface area (TPSA) is 61.2 Å². The van der Waals surface area contributed by atoms with Crippen molar-refractivity contribution in [2.45, 2.75) is 38.6 Å². The first kappa shape index (κ1) is 17.5. The lowest BCUT2D eigenvalue weighted by Crippen LogP contribution is -2.37. The van der Waals surface area contributed by atoms with Gasteiger partial charge in [-0.25, -0.2) is 9.67 Å². The molecule has 1 atom stereocenters. The summed E-state index contributed by atoms with van der Waals surface area (Å²) < 4.78 is 13.4. The molecule has 1 aliphatic heterocycles. The highest BCUT2D eigenvalue weighted by Crippen LogP contribution is 2.29. The molecule has 27 heavy (non-hydrogen) atoms. The zero-order valence-electron chi connectivity index (χ0n) is 15.5. The molecule has 0 radical (unpaired) electrons. The van der Waals surface area contributed by atoms with Crippen molar-refractivity contribution in [1.29, 1.82) is 0 Å². The number of fused-ring (bicyclic) bond motifs is 1. The summed E-state index contributed by atoms with van der Waals surface area (Å²) in [7, 11) is 1.67. The molecule has 1 aromatic heterocycles. The predicted molar refractivity (Wildman–Crippen MR) is 103 cm³/mol. The van der Waals surface area contributed by atoms with Crippen molar-refractivity contribution < 1.29 is 9.47 Å². The van der Waals surface area contributed by atoms with Gasteiger partial charge in [0.25, 0.3) is 0 Å². The lowest BCUT2D eigenvalue weighted by molar-refractivity contribution is 0.284. The van der Waals surface area contributed by atoms with Gasteiger partial charge in [-0.15, -0.1) is 0 Å². The Morgan fingerprint density at radius 2 is 2.00 bits per heavy atom. The average Bonchev–Trinajstić information content (AvgIpc) is 3.19. The Morgan fingerprint density at radius 1 is 1.11 bits per heavy atom. The fourth-order valence-corrected chi connectivity index (χ4v) is 3.35. The standard InChI is InChI=1S/C21H24N4O2/c1-26-19-9-7-17(11-20(19)27-14-16-5-3-2-4-6-16)12-22-18-8-10-21-23-15-24-25(21)13-18/h2-7,9,11,15,18,22H,8,10,12-14H2,1H3. The summed E-state index contributed by atoms with van der Waals surface area (Å²) in [6.45, 7) is 2.16. The number of rotatable bonds is 7. The summed E-state index contributed by atoms with van der Waals surface area (Å²) in [6, 6.07) is 16.6. The van der Waals surface area contributed by atoms with E-state index in [1.165, 1.54) is 5.56 Å². The van der Waals surface area contributed by atoms with Crippen molar-refractivity contribution in [2.75, 3.05) is 7.11 Å². The Morgan fingerprint density at radius 3 is 2.85 bits per heavy atom. The lowest BCUT2D eigenvalue weighted by atomic mass is 10.1. The van der Waals surface area contributed by atoms with E-state index in [2.05, 4.69) is 39.7 Å². The SMILES string of the molecule is COc1ccc(CNC2CCc3ncnn3C2)cc1OCc1ccccc1. The number of aryl methyl sites for hydroxylation is 1.